The Balaban J connectivity index is 1.86. The van der Waals surface area contributed by atoms with Gasteiger partial charge in [-0.15, -0.1) is 0 Å². The van der Waals surface area contributed by atoms with Crippen LogP contribution in [-0.4, -0.2) is 13.1 Å². The lowest BCUT2D eigenvalue weighted by atomic mass is 9.95. The standard InChI is InChI=1S/C16H23F2N/c1-19-15(9-6-12-4-2-3-5-12)10-13-7-8-14(17)11-16(13)18/h7-8,11-12,15,19H,2-6,9-10H2,1H3. The normalized spacial score (nSPS) is 17.8. The second-order valence-corrected chi connectivity index (χ2v) is 5.65. The van der Waals surface area contributed by atoms with Crippen LogP contribution in [0.1, 0.15) is 44.1 Å². The molecule has 0 saturated heterocycles. The Labute approximate surface area is 114 Å². The number of likely N-dealkylation sites (N-methyl/N-ethyl adjacent to an activating group) is 1. The third kappa shape index (κ3) is 4.27. The predicted octanol–water partition coefficient (Wildman–Crippen LogP) is 4.07. The summed E-state index contributed by atoms with van der Waals surface area (Å²) in [6.07, 6.45) is 8.34. The van der Waals surface area contributed by atoms with Gasteiger partial charge in [0.15, 0.2) is 0 Å². The Morgan fingerprint density at radius 3 is 2.63 bits per heavy atom. The highest BCUT2D eigenvalue weighted by Gasteiger charge is 2.17. The van der Waals surface area contributed by atoms with Crippen LogP contribution >= 0.6 is 0 Å². The van der Waals surface area contributed by atoms with Crippen LogP contribution in [0, 0.1) is 17.6 Å². The van der Waals surface area contributed by atoms with Crippen molar-refractivity contribution in [1.82, 2.24) is 5.32 Å². The molecule has 0 aromatic heterocycles. The molecule has 0 aliphatic heterocycles. The van der Waals surface area contributed by atoms with Gasteiger partial charge in [-0.2, -0.15) is 0 Å². The van der Waals surface area contributed by atoms with Crippen LogP contribution in [0.3, 0.4) is 0 Å². The number of hydrogen-bond donors (Lipinski definition) is 1. The summed E-state index contributed by atoms with van der Waals surface area (Å²) in [6, 6.07) is 4.15. The van der Waals surface area contributed by atoms with Crippen molar-refractivity contribution in [1.29, 1.82) is 0 Å². The van der Waals surface area contributed by atoms with E-state index >= 15 is 0 Å². The minimum Gasteiger partial charge on any atom is -0.317 e. The van der Waals surface area contributed by atoms with Crippen LogP contribution < -0.4 is 5.32 Å². The van der Waals surface area contributed by atoms with E-state index in [-0.39, 0.29) is 6.04 Å². The van der Waals surface area contributed by atoms with Crippen LogP contribution in [0.2, 0.25) is 0 Å². The van der Waals surface area contributed by atoms with Crippen molar-refractivity contribution in [2.75, 3.05) is 7.05 Å². The second-order valence-electron chi connectivity index (χ2n) is 5.65. The van der Waals surface area contributed by atoms with Gasteiger partial charge in [0, 0.05) is 12.1 Å². The second kappa shape index (κ2) is 6.99. The predicted molar refractivity (Wildman–Crippen MR) is 74.1 cm³/mol. The first-order chi connectivity index (χ1) is 9.19. The Morgan fingerprint density at radius 2 is 2.00 bits per heavy atom. The maximum atomic E-state index is 13.6. The molecule has 3 heteroatoms. The first-order valence-electron chi connectivity index (χ1n) is 7.30. The number of halogens is 2. The molecular formula is C16H23F2N. The summed E-state index contributed by atoms with van der Waals surface area (Å²) in [5, 5.41) is 3.26. The third-order valence-corrected chi connectivity index (χ3v) is 4.29. The number of nitrogens with one attached hydrogen (secondary N) is 1. The highest BCUT2D eigenvalue weighted by Crippen LogP contribution is 2.29. The third-order valence-electron chi connectivity index (χ3n) is 4.29. The van der Waals surface area contributed by atoms with Crippen molar-refractivity contribution < 1.29 is 8.78 Å². The molecule has 1 atom stereocenters. The molecule has 2 rings (SSSR count). The zero-order chi connectivity index (χ0) is 13.7. The van der Waals surface area contributed by atoms with E-state index < -0.39 is 11.6 Å². The van der Waals surface area contributed by atoms with E-state index in [1.807, 2.05) is 7.05 Å². The van der Waals surface area contributed by atoms with Gasteiger partial charge in [0.25, 0.3) is 0 Å². The maximum absolute atomic E-state index is 13.6. The van der Waals surface area contributed by atoms with Crippen molar-refractivity contribution in [3.63, 3.8) is 0 Å². The average molecular weight is 267 g/mol. The minimum absolute atomic E-state index is 0.278. The van der Waals surface area contributed by atoms with Crippen LogP contribution in [-0.2, 0) is 6.42 Å². The Kier molecular flexibility index (Phi) is 5.32. The van der Waals surface area contributed by atoms with Crippen molar-refractivity contribution in [2.24, 2.45) is 5.92 Å². The molecule has 0 bridgehead atoms. The first-order valence-corrected chi connectivity index (χ1v) is 7.30. The molecule has 1 nitrogen and oxygen atoms in total. The number of rotatable bonds is 6. The molecule has 1 aromatic carbocycles. The lowest BCUT2D eigenvalue weighted by Crippen LogP contribution is -2.28. The van der Waals surface area contributed by atoms with Crippen molar-refractivity contribution in [3.8, 4) is 0 Å². The molecule has 1 saturated carbocycles. The molecule has 0 spiro atoms. The van der Waals surface area contributed by atoms with Gasteiger partial charge in [-0.05, 0) is 43.9 Å². The zero-order valence-corrected chi connectivity index (χ0v) is 11.6. The molecule has 0 radical (unpaired) electrons. The summed E-state index contributed by atoms with van der Waals surface area (Å²) in [7, 11) is 1.92. The SMILES string of the molecule is CNC(CCC1CCCC1)Cc1ccc(F)cc1F. The van der Waals surface area contributed by atoms with Crippen molar-refractivity contribution in [2.45, 2.75) is 51.0 Å². The number of hydrogen-bond acceptors (Lipinski definition) is 1. The molecule has 1 unspecified atom stereocenters. The smallest absolute Gasteiger partial charge is 0.129 e. The van der Waals surface area contributed by atoms with Gasteiger partial charge in [0.1, 0.15) is 11.6 Å². The van der Waals surface area contributed by atoms with E-state index in [0.717, 1.165) is 18.4 Å². The van der Waals surface area contributed by atoms with E-state index in [1.54, 1.807) is 6.07 Å². The molecule has 106 valence electrons. The molecule has 0 heterocycles. The fraction of sp³-hybridized carbons (Fsp3) is 0.625. The van der Waals surface area contributed by atoms with Gasteiger partial charge in [0.2, 0.25) is 0 Å². The van der Waals surface area contributed by atoms with Crippen molar-refractivity contribution in [3.05, 3.63) is 35.4 Å². The van der Waals surface area contributed by atoms with Crippen molar-refractivity contribution >= 4 is 0 Å². The molecule has 0 amide bonds. The molecule has 1 fully saturated rings. The van der Waals surface area contributed by atoms with Gasteiger partial charge in [-0.1, -0.05) is 31.7 Å². The summed E-state index contributed by atoms with van der Waals surface area (Å²) >= 11 is 0. The molecule has 19 heavy (non-hydrogen) atoms. The van der Waals surface area contributed by atoms with Crippen LogP contribution in [0.5, 0.6) is 0 Å². The average Bonchev–Trinajstić information content (AvgIpc) is 2.90. The van der Waals surface area contributed by atoms with E-state index in [9.17, 15) is 8.78 Å². The molecular weight excluding hydrogens is 244 g/mol. The summed E-state index contributed by atoms with van der Waals surface area (Å²) in [5.41, 5.74) is 0.604. The molecule has 1 aliphatic rings. The Hall–Kier alpha value is -0.960. The van der Waals surface area contributed by atoms with Gasteiger partial charge in [-0.3, -0.25) is 0 Å². The lowest BCUT2D eigenvalue weighted by molar-refractivity contribution is 0.414. The fourth-order valence-corrected chi connectivity index (χ4v) is 3.04. The monoisotopic (exact) mass is 267 g/mol. The molecule has 1 aliphatic carbocycles. The zero-order valence-electron chi connectivity index (χ0n) is 11.6. The molecule has 1 aromatic rings. The summed E-state index contributed by atoms with van der Waals surface area (Å²) in [5.74, 6) is -0.0803. The molecule has 1 N–H and O–H groups in total. The van der Waals surface area contributed by atoms with Crippen LogP contribution in [0.15, 0.2) is 18.2 Å². The topological polar surface area (TPSA) is 12.0 Å². The van der Waals surface area contributed by atoms with Gasteiger partial charge in [0.05, 0.1) is 0 Å². The van der Waals surface area contributed by atoms with E-state index in [0.29, 0.717) is 12.0 Å². The van der Waals surface area contributed by atoms with E-state index in [1.165, 1.54) is 38.2 Å². The maximum Gasteiger partial charge on any atom is 0.129 e. The lowest BCUT2D eigenvalue weighted by Gasteiger charge is -2.18. The minimum atomic E-state index is -0.506. The summed E-state index contributed by atoms with van der Waals surface area (Å²) < 4.78 is 26.5. The van der Waals surface area contributed by atoms with Gasteiger partial charge < -0.3 is 5.32 Å². The fourth-order valence-electron chi connectivity index (χ4n) is 3.04. The van der Waals surface area contributed by atoms with E-state index in [2.05, 4.69) is 5.32 Å². The first kappa shape index (κ1) is 14.4. The van der Waals surface area contributed by atoms with E-state index in [4.69, 9.17) is 0 Å². The Bertz CT molecular complexity index is 400. The largest absolute Gasteiger partial charge is 0.317 e. The highest BCUT2D eigenvalue weighted by atomic mass is 19.1. The van der Waals surface area contributed by atoms with Gasteiger partial charge >= 0.3 is 0 Å². The van der Waals surface area contributed by atoms with Crippen LogP contribution in [0.4, 0.5) is 8.78 Å². The number of benzene rings is 1. The summed E-state index contributed by atoms with van der Waals surface area (Å²) in [4.78, 5) is 0. The van der Waals surface area contributed by atoms with Crippen LogP contribution in [0.25, 0.3) is 0 Å². The highest BCUT2D eigenvalue weighted by molar-refractivity contribution is 5.19. The quantitative estimate of drug-likeness (QED) is 0.819. The summed E-state index contributed by atoms with van der Waals surface area (Å²) in [6.45, 7) is 0. The Morgan fingerprint density at radius 1 is 1.26 bits per heavy atom. The van der Waals surface area contributed by atoms with Gasteiger partial charge in [-0.25, -0.2) is 8.78 Å².